The third-order valence-corrected chi connectivity index (χ3v) is 3.36. The summed E-state index contributed by atoms with van der Waals surface area (Å²) in [6.45, 7) is 3.87. The summed E-state index contributed by atoms with van der Waals surface area (Å²) in [5.41, 5.74) is 5.17. The maximum Gasteiger partial charge on any atom is 0.242 e. The molecule has 0 bridgehead atoms. The average Bonchev–Trinajstić information content (AvgIpc) is 3.10. The van der Waals surface area contributed by atoms with E-state index in [1.54, 1.807) is 7.05 Å². The summed E-state index contributed by atoms with van der Waals surface area (Å²) < 4.78 is 0. The maximum atomic E-state index is 12.1. The molecule has 0 saturated heterocycles. The number of hydrogen-bond acceptors (Lipinski definition) is 3. The maximum absolute atomic E-state index is 12.1. The second-order valence-electron chi connectivity index (χ2n) is 4.87. The van der Waals surface area contributed by atoms with E-state index in [-0.39, 0.29) is 18.4 Å². The fourth-order valence-corrected chi connectivity index (χ4v) is 1.72. The fourth-order valence-electron chi connectivity index (χ4n) is 1.72. The van der Waals surface area contributed by atoms with Crippen LogP contribution in [-0.2, 0) is 9.59 Å². The van der Waals surface area contributed by atoms with Crippen molar-refractivity contribution < 1.29 is 9.59 Å². The summed E-state index contributed by atoms with van der Waals surface area (Å²) in [5, 5.41) is 2.85. The number of nitrogens with two attached hydrogens (primary N) is 1. The normalized spacial score (nSPS) is 15.5. The van der Waals surface area contributed by atoms with Gasteiger partial charge >= 0.3 is 0 Å². The SMILES string of the molecule is CCC(N)(CC)C(=O)N(C)CC(=O)NC1CC1. The van der Waals surface area contributed by atoms with Crippen molar-refractivity contribution in [2.75, 3.05) is 13.6 Å². The summed E-state index contributed by atoms with van der Waals surface area (Å²) in [6.07, 6.45) is 3.26. The number of carbonyl (C=O) groups excluding carboxylic acids is 2. The van der Waals surface area contributed by atoms with Crippen LogP contribution in [0.1, 0.15) is 39.5 Å². The van der Waals surface area contributed by atoms with Crippen LogP contribution in [0.2, 0.25) is 0 Å². The first-order valence-corrected chi connectivity index (χ1v) is 6.26. The van der Waals surface area contributed by atoms with Gasteiger partial charge in [-0.15, -0.1) is 0 Å². The Labute approximate surface area is 103 Å². The van der Waals surface area contributed by atoms with Crippen LogP contribution in [0, 0.1) is 0 Å². The summed E-state index contributed by atoms with van der Waals surface area (Å²) in [5.74, 6) is -0.258. The van der Waals surface area contributed by atoms with E-state index in [0.717, 1.165) is 12.8 Å². The molecule has 1 fully saturated rings. The quantitative estimate of drug-likeness (QED) is 0.699. The van der Waals surface area contributed by atoms with Crippen LogP contribution in [0.15, 0.2) is 0 Å². The molecule has 0 heterocycles. The highest BCUT2D eigenvalue weighted by molar-refractivity contribution is 5.90. The molecule has 0 aromatic carbocycles. The van der Waals surface area contributed by atoms with Crippen molar-refractivity contribution in [2.24, 2.45) is 5.73 Å². The fraction of sp³-hybridized carbons (Fsp3) is 0.833. The zero-order valence-electron chi connectivity index (χ0n) is 11.0. The summed E-state index contributed by atoms with van der Waals surface area (Å²) in [7, 11) is 1.63. The van der Waals surface area contributed by atoms with Crippen molar-refractivity contribution in [3.8, 4) is 0 Å². The Morgan fingerprint density at radius 1 is 1.35 bits per heavy atom. The van der Waals surface area contributed by atoms with E-state index in [4.69, 9.17) is 5.73 Å². The molecule has 98 valence electrons. The summed E-state index contributed by atoms with van der Waals surface area (Å²) in [4.78, 5) is 25.1. The standard InChI is InChI=1S/C12H23N3O2/c1-4-12(13,5-2)11(17)15(3)8-10(16)14-9-6-7-9/h9H,4-8,13H2,1-3H3,(H,14,16). The van der Waals surface area contributed by atoms with Crippen molar-refractivity contribution in [2.45, 2.75) is 51.1 Å². The van der Waals surface area contributed by atoms with Gasteiger partial charge in [0.2, 0.25) is 11.8 Å². The van der Waals surface area contributed by atoms with Crippen molar-refractivity contribution >= 4 is 11.8 Å². The smallest absolute Gasteiger partial charge is 0.242 e. The van der Waals surface area contributed by atoms with E-state index in [9.17, 15) is 9.59 Å². The van der Waals surface area contributed by atoms with Crippen molar-refractivity contribution in [3.63, 3.8) is 0 Å². The van der Waals surface area contributed by atoms with Crippen LogP contribution in [0.3, 0.4) is 0 Å². The lowest BCUT2D eigenvalue weighted by molar-refractivity contribution is -0.139. The Morgan fingerprint density at radius 3 is 2.29 bits per heavy atom. The molecule has 1 rings (SSSR count). The van der Waals surface area contributed by atoms with Crippen molar-refractivity contribution in [3.05, 3.63) is 0 Å². The summed E-state index contributed by atoms with van der Waals surface area (Å²) in [6, 6.07) is 0.325. The highest BCUT2D eigenvalue weighted by Gasteiger charge is 2.33. The number of nitrogens with one attached hydrogen (secondary N) is 1. The van der Waals surface area contributed by atoms with Gasteiger partial charge in [-0.25, -0.2) is 0 Å². The first-order chi connectivity index (χ1) is 7.92. The molecule has 0 aliphatic heterocycles. The monoisotopic (exact) mass is 241 g/mol. The summed E-state index contributed by atoms with van der Waals surface area (Å²) >= 11 is 0. The van der Waals surface area contributed by atoms with E-state index in [1.165, 1.54) is 4.90 Å². The molecule has 0 aromatic rings. The lowest BCUT2D eigenvalue weighted by atomic mass is 9.92. The van der Waals surface area contributed by atoms with Crippen LogP contribution < -0.4 is 11.1 Å². The van der Waals surface area contributed by atoms with Crippen molar-refractivity contribution in [1.29, 1.82) is 0 Å². The van der Waals surface area contributed by atoms with E-state index >= 15 is 0 Å². The van der Waals surface area contributed by atoms with E-state index in [1.807, 2.05) is 13.8 Å². The molecule has 3 N–H and O–H groups in total. The van der Waals surface area contributed by atoms with E-state index in [0.29, 0.717) is 18.9 Å². The topological polar surface area (TPSA) is 75.4 Å². The Balaban J connectivity index is 2.47. The molecule has 1 saturated carbocycles. The molecule has 0 spiro atoms. The first kappa shape index (κ1) is 14.0. The number of carbonyl (C=O) groups is 2. The molecule has 5 heteroatoms. The van der Waals surface area contributed by atoms with Gasteiger partial charge in [-0.2, -0.15) is 0 Å². The van der Waals surface area contributed by atoms with Gasteiger partial charge in [0.1, 0.15) is 0 Å². The molecule has 1 aliphatic rings. The Hall–Kier alpha value is -1.10. The second-order valence-corrected chi connectivity index (χ2v) is 4.87. The molecule has 0 unspecified atom stereocenters. The van der Waals surface area contributed by atoms with Gasteiger partial charge in [-0.3, -0.25) is 9.59 Å². The Kier molecular flexibility index (Phi) is 4.51. The van der Waals surface area contributed by atoms with Gasteiger partial charge in [-0.1, -0.05) is 13.8 Å². The van der Waals surface area contributed by atoms with Gasteiger partial charge in [0.25, 0.3) is 0 Å². The third kappa shape index (κ3) is 3.70. The van der Waals surface area contributed by atoms with E-state index < -0.39 is 5.54 Å². The predicted molar refractivity (Wildman–Crippen MR) is 66.3 cm³/mol. The van der Waals surface area contributed by atoms with Gasteiger partial charge in [0, 0.05) is 13.1 Å². The molecular formula is C12H23N3O2. The minimum absolute atomic E-state index is 0.0916. The van der Waals surface area contributed by atoms with Crippen LogP contribution in [0.4, 0.5) is 0 Å². The molecule has 0 atom stereocenters. The van der Waals surface area contributed by atoms with Gasteiger partial charge in [0.15, 0.2) is 0 Å². The highest BCUT2D eigenvalue weighted by Crippen LogP contribution is 2.18. The highest BCUT2D eigenvalue weighted by atomic mass is 16.2. The zero-order chi connectivity index (χ0) is 13.1. The second kappa shape index (κ2) is 5.49. The first-order valence-electron chi connectivity index (χ1n) is 6.26. The minimum Gasteiger partial charge on any atom is -0.352 e. The molecule has 0 radical (unpaired) electrons. The Morgan fingerprint density at radius 2 is 1.88 bits per heavy atom. The Bertz CT molecular complexity index is 296. The van der Waals surface area contributed by atoms with Crippen molar-refractivity contribution in [1.82, 2.24) is 10.2 Å². The van der Waals surface area contributed by atoms with Gasteiger partial charge < -0.3 is 16.0 Å². The number of amides is 2. The lowest BCUT2D eigenvalue weighted by Gasteiger charge is -2.30. The predicted octanol–water partition coefficient (Wildman–Crippen LogP) is 0.241. The minimum atomic E-state index is -0.839. The molecular weight excluding hydrogens is 218 g/mol. The van der Waals surface area contributed by atoms with E-state index in [2.05, 4.69) is 5.32 Å². The molecule has 1 aliphatic carbocycles. The molecule has 0 aromatic heterocycles. The third-order valence-electron chi connectivity index (χ3n) is 3.36. The number of hydrogen-bond donors (Lipinski definition) is 2. The van der Waals surface area contributed by atoms with Gasteiger partial charge in [-0.05, 0) is 25.7 Å². The lowest BCUT2D eigenvalue weighted by Crippen LogP contribution is -2.55. The van der Waals surface area contributed by atoms with Crippen LogP contribution in [0.25, 0.3) is 0 Å². The van der Waals surface area contributed by atoms with Crippen LogP contribution in [-0.4, -0.2) is 41.9 Å². The largest absolute Gasteiger partial charge is 0.352 e. The number of likely N-dealkylation sites (N-methyl/N-ethyl adjacent to an activating group) is 1. The zero-order valence-corrected chi connectivity index (χ0v) is 11.0. The molecule has 17 heavy (non-hydrogen) atoms. The number of nitrogens with zero attached hydrogens (tertiary/aromatic N) is 1. The van der Waals surface area contributed by atoms with Gasteiger partial charge in [0.05, 0.1) is 12.1 Å². The molecule has 2 amide bonds. The number of rotatable bonds is 6. The van der Waals surface area contributed by atoms with Crippen LogP contribution in [0.5, 0.6) is 0 Å². The van der Waals surface area contributed by atoms with Crippen LogP contribution >= 0.6 is 0 Å². The average molecular weight is 241 g/mol. The molecule has 5 nitrogen and oxygen atoms in total.